The Labute approximate surface area is 144 Å². The van der Waals surface area contributed by atoms with Crippen molar-refractivity contribution in [1.82, 2.24) is 4.72 Å². The summed E-state index contributed by atoms with van der Waals surface area (Å²) in [5, 5.41) is 11.7. The van der Waals surface area contributed by atoms with Crippen molar-refractivity contribution in [2.24, 2.45) is 0 Å². The number of rotatable bonds is 7. The fourth-order valence-electron chi connectivity index (χ4n) is 2.08. The standard InChI is InChI=1S/C14H18N2O6S2/c1-8-13(17)15-11-7-9(3-4-12(11)22-8)24(20,21)16-10(14(18)19)5-6-23-2/h3-4,7-8,10,16H,5-6H2,1-2H3,(H,15,17)(H,18,19). The molecule has 10 heteroatoms. The van der Waals surface area contributed by atoms with Gasteiger partial charge in [0.25, 0.3) is 5.91 Å². The lowest BCUT2D eigenvalue weighted by atomic mass is 10.2. The average Bonchev–Trinajstić information content (AvgIpc) is 2.51. The molecular weight excluding hydrogens is 356 g/mol. The van der Waals surface area contributed by atoms with E-state index in [1.165, 1.54) is 30.0 Å². The van der Waals surface area contributed by atoms with Gasteiger partial charge >= 0.3 is 5.97 Å². The van der Waals surface area contributed by atoms with E-state index in [9.17, 15) is 18.0 Å². The molecule has 0 saturated carbocycles. The van der Waals surface area contributed by atoms with Crippen LogP contribution in [0.5, 0.6) is 5.75 Å². The first-order valence-electron chi connectivity index (χ1n) is 7.10. The molecule has 2 unspecified atom stereocenters. The van der Waals surface area contributed by atoms with E-state index < -0.39 is 28.1 Å². The maximum atomic E-state index is 12.4. The molecule has 3 N–H and O–H groups in total. The number of carboxylic acids is 1. The number of sulfonamides is 1. The molecule has 0 aromatic heterocycles. The summed E-state index contributed by atoms with van der Waals surface area (Å²) in [5.74, 6) is -0.756. The Kier molecular flexibility index (Phi) is 5.73. The van der Waals surface area contributed by atoms with Gasteiger partial charge in [-0.25, -0.2) is 8.42 Å². The second-order valence-corrected chi connectivity index (χ2v) is 7.90. The van der Waals surface area contributed by atoms with E-state index in [1.54, 1.807) is 13.2 Å². The Balaban J connectivity index is 2.25. The summed E-state index contributed by atoms with van der Waals surface area (Å²) in [7, 11) is -4.05. The molecule has 1 aromatic rings. The van der Waals surface area contributed by atoms with Crippen LogP contribution in [0.2, 0.25) is 0 Å². The van der Waals surface area contributed by atoms with Crippen LogP contribution in [0.25, 0.3) is 0 Å². The van der Waals surface area contributed by atoms with Gasteiger partial charge in [-0.3, -0.25) is 9.59 Å². The van der Waals surface area contributed by atoms with Gasteiger partial charge in [-0.15, -0.1) is 0 Å². The monoisotopic (exact) mass is 374 g/mol. The third-order valence-electron chi connectivity index (χ3n) is 3.40. The zero-order valence-corrected chi connectivity index (χ0v) is 14.7. The minimum atomic E-state index is -4.05. The molecule has 24 heavy (non-hydrogen) atoms. The first kappa shape index (κ1) is 18.6. The van der Waals surface area contributed by atoms with Gasteiger partial charge in [0.1, 0.15) is 11.8 Å². The number of benzene rings is 1. The van der Waals surface area contributed by atoms with Crippen molar-refractivity contribution in [2.75, 3.05) is 17.3 Å². The molecule has 1 aromatic carbocycles. The molecule has 1 aliphatic heterocycles. The highest BCUT2D eigenvalue weighted by molar-refractivity contribution is 7.98. The highest BCUT2D eigenvalue weighted by Crippen LogP contribution is 2.31. The van der Waals surface area contributed by atoms with Gasteiger partial charge in [0, 0.05) is 0 Å². The quantitative estimate of drug-likeness (QED) is 0.648. The Morgan fingerprint density at radius 2 is 2.21 bits per heavy atom. The molecule has 0 spiro atoms. The molecule has 1 heterocycles. The van der Waals surface area contributed by atoms with Crippen molar-refractivity contribution >= 4 is 39.3 Å². The smallest absolute Gasteiger partial charge is 0.321 e. The molecule has 0 aliphatic carbocycles. The van der Waals surface area contributed by atoms with E-state index in [2.05, 4.69) is 10.0 Å². The summed E-state index contributed by atoms with van der Waals surface area (Å²) >= 11 is 1.43. The second kappa shape index (κ2) is 7.41. The summed E-state index contributed by atoms with van der Waals surface area (Å²) in [4.78, 5) is 22.7. The number of anilines is 1. The molecule has 1 aliphatic rings. The molecule has 132 valence electrons. The van der Waals surface area contributed by atoms with E-state index in [-0.39, 0.29) is 22.9 Å². The summed E-state index contributed by atoms with van der Waals surface area (Å²) in [6.45, 7) is 1.58. The number of carbonyl (C=O) groups excluding carboxylic acids is 1. The summed E-state index contributed by atoms with van der Waals surface area (Å²) < 4.78 is 32.4. The predicted molar refractivity (Wildman–Crippen MR) is 89.9 cm³/mol. The Hall–Kier alpha value is -1.78. The van der Waals surface area contributed by atoms with Crippen LogP contribution in [0.15, 0.2) is 23.1 Å². The predicted octanol–water partition coefficient (Wildman–Crippen LogP) is 0.891. The third-order valence-corrected chi connectivity index (χ3v) is 5.51. The Morgan fingerprint density at radius 3 is 2.83 bits per heavy atom. The maximum absolute atomic E-state index is 12.4. The highest BCUT2D eigenvalue weighted by atomic mass is 32.2. The molecule has 1 amide bonds. The van der Waals surface area contributed by atoms with E-state index in [0.717, 1.165) is 0 Å². The Morgan fingerprint density at radius 1 is 1.50 bits per heavy atom. The number of amides is 1. The van der Waals surface area contributed by atoms with E-state index >= 15 is 0 Å². The normalized spacial score (nSPS) is 18.2. The summed E-state index contributed by atoms with van der Waals surface area (Å²) in [6, 6.07) is 2.76. The molecule has 2 rings (SSSR count). The van der Waals surface area contributed by atoms with Crippen molar-refractivity contribution in [3.05, 3.63) is 18.2 Å². The zero-order valence-electron chi connectivity index (χ0n) is 13.1. The van der Waals surface area contributed by atoms with Crippen LogP contribution in [0.3, 0.4) is 0 Å². The van der Waals surface area contributed by atoms with Gasteiger partial charge in [-0.2, -0.15) is 16.5 Å². The average molecular weight is 374 g/mol. The van der Waals surface area contributed by atoms with E-state index in [4.69, 9.17) is 9.84 Å². The fourth-order valence-corrected chi connectivity index (χ4v) is 3.80. The fraction of sp³-hybridized carbons (Fsp3) is 0.429. The molecule has 0 bridgehead atoms. The number of carboxylic acid groups (broad SMARTS) is 1. The van der Waals surface area contributed by atoms with Gasteiger partial charge in [0.15, 0.2) is 6.10 Å². The number of hydrogen-bond donors (Lipinski definition) is 3. The second-order valence-electron chi connectivity index (χ2n) is 5.20. The van der Waals surface area contributed by atoms with Crippen LogP contribution >= 0.6 is 11.8 Å². The minimum absolute atomic E-state index is 0.143. The molecule has 0 saturated heterocycles. The number of hydrogen-bond acceptors (Lipinski definition) is 6. The number of thioether (sulfide) groups is 1. The first-order valence-corrected chi connectivity index (χ1v) is 9.98. The zero-order chi connectivity index (χ0) is 17.9. The number of ether oxygens (including phenoxy) is 1. The van der Waals surface area contributed by atoms with Gasteiger partial charge in [0.2, 0.25) is 10.0 Å². The molecule has 0 fully saturated rings. The maximum Gasteiger partial charge on any atom is 0.321 e. The highest BCUT2D eigenvalue weighted by Gasteiger charge is 2.28. The number of carbonyl (C=O) groups is 2. The van der Waals surface area contributed by atoms with E-state index in [0.29, 0.717) is 11.5 Å². The van der Waals surface area contributed by atoms with Gasteiger partial charge in [-0.1, -0.05) is 0 Å². The minimum Gasteiger partial charge on any atom is -0.480 e. The Bertz CT molecular complexity index is 750. The molecular formula is C14H18N2O6S2. The largest absolute Gasteiger partial charge is 0.480 e. The van der Waals surface area contributed by atoms with Gasteiger partial charge in [-0.05, 0) is 43.6 Å². The lowest BCUT2D eigenvalue weighted by Gasteiger charge is -2.23. The number of nitrogens with one attached hydrogen (secondary N) is 2. The molecule has 8 nitrogen and oxygen atoms in total. The van der Waals surface area contributed by atoms with Crippen LogP contribution in [-0.4, -0.2) is 49.6 Å². The lowest BCUT2D eigenvalue weighted by molar-refractivity contribution is -0.139. The van der Waals surface area contributed by atoms with Crippen molar-refractivity contribution in [2.45, 2.75) is 30.4 Å². The van der Waals surface area contributed by atoms with Crippen molar-refractivity contribution in [3.8, 4) is 5.75 Å². The first-order chi connectivity index (χ1) is 11.2. The summed E-state index contributed by atoms with van der Waals surface area (Å²) in [5.41, 5.74) is 0.233. The van der Waals surface area contributed by atoms with Crippen LogP contribution in [0.4, 0.5) is 5.69 Å². The number of aliphatic carboxylic acids is 1. The van der Waals surface area contributed by atoms with Crippen molar-refractivity contribution in [1.29, 1.82) is 0 Å². The van der Waals surface area contributed by atoms with Crippen LogP contribution in [-0.2, 0) is 19.6 Å². The topological polar surface area (TPSA) is 122 Å². The third kappa shape index (κ3) is 4.19. The summed E-state index contributed by atoms with van der Waals surface area (Å²) in [6.07, 6.45) is 1.31. The SMILES string of the molecule is CSCCC(NS(=O)(=O)c1ccc2c(c1)NC(=O)C(C)O2)C(=O)O. The van der Waals surface area contributed by atoms with Crippen LogP contribution in [0.1, 0.15) is 13.3 Å². The van der Waals surface area contributed by atoms with Gasteiger partial charge in [0.05, 0.1) is 10.6 Å². The van der Waals surface area contributed by atoms with Crippen molar-refractivity contribution < 1.29 is 27.9 Å². The number of fused-ring (bicyclic) bond motifs is 1. The molecule has 0 radical (unpaired) electrons. The van der Waals surface area contributed by atoms with Gasteiger partial charge < -0.3 is 15.2 Å². The van der Waals surface area contributed by atoms with Crippen LogP contribution in [0, 0.1) is 0 Å². The lowest BCUT2D eigenvalue weighted by Crippen LogP contribution is -2.41. The van der Waals surface area contributed by atoms with Crippen molar-refractivity contribution in [3.63, 3.8) is 0 Å². The van der Waals surface area contributed by atoms with Crippen LogP contribution < -0.4 is 14.8 Å². The van der Waals surface area contributed by atoms with E-state index in [1.807, 2.05) is 0 Å². The molecule has 2 atom stereocenters.